The first kappa shape index (κ1) is 24.1. The number of hydrogen-bond acceptors (Lipinski definition) is 8. The second-order valence-corrected chi connectivity index (χ2v) is 8.03. The molecular weight excluding hydrogens is 459 g/mol. The second kappa shape index (κ2) is 8.94. The van der Waals surface area contributed by atoms with Crippen LogP contribution in [0.4, 0.5) is 10.1 Å². The van der Waals surface area contributed by atoms with Gasteiger partial charge in [0.25, 0.3) is 5.91 Å². The summed E-state index contributed by atoms with van der Waals surface area (Å²) in [6.07, 6.45) is 0. The van der Waals surface area contributed by atoms with E-state index < -0.39 is 46.9 Å². The van der Waals surface area contributed by atoms with Gasteiger partial charge in [-0.3, -0.25) is 19.4 Å². The average molecular weight is 482 g/mol. The molecule has 3 atom stereocenters. The summed E-state index contributed by atoms with van der Waals surface area (Å²) in [5.41, 5.74) is -1.47. The Labute approximate surface area is 200 Å². The van der Waals surface area contributed by atoms with Crippen LogP contribution in [-0.4, -0.2) is 56.3 Å². The molecule has 2 aromatic carbocycles. The lowest BCUT2D eigenvalue weighted by molar-refractivity contribution is -0.157. The predicted octanol–water partition coefficient (Wildman–Crippen LogP) is 2.19. The van der Waals surface area contributed by atoms with Gasteiger partial charge in [-0.25, -0.2) is 14.1 Å². The molecule has 0 bridgehead atoms. The molecule has 2 aliphatic rings. The first-order chi connectivity index (χ1) is 16.7. The number of halogens is 1. The van der Waals surface area contributed by atoms with Crippen LogP contribution in [0.3, 0.4) is 0 Å². The fraction of sp³-hybridized carbons (Fsp3) is 0.320. The summed E-state index contributed by atoms with van der Waals surface area (Å²) in [5, 5.41) is 0. The molecule has 0 radical (unpaired) electrons. The number of ether oxygens (including phenoxy) is 3. The van der Waals surface area contributed by atoms with Gasteiger partial charge < -0.3 is 14.2 Å². The van der Waals surface area contributed by atoms with Crippen LogP contribution in [0.2, 0.25) is 0 Å². The summed E-state index contributed by atoms with van der Waals surface area (Å²) in [5.74, 6) is -4.96. The van der Waals surface area contributed by atoms with Crippen LogP contribution < -0.4 is 9.64 Å². The molecule has 2 amide bonds. The highest BCUT2D eigenvalue weighted by Crippen LogP contribution is 2.54. The Kier molecular flexibility index (Phi) is 6.14. The number of esters is 2. The molecule has 9 nitrogen and oxygen atoms in total. The maximum Gasteiger partial charge on any atom is 0.331 e. The summed E-state index contributed by atoms with van der Waals surface area (Å²) < 4.78 is 30.0. The number of benzene rings is 2. The van der Waals surface area contributed by atoms with E-state index in [1.165, 1.54) is 20.1 Å². The molecule has 2 aliphatic heterocycles. The molecule has 0 aromatic heterocycles. The number of imide groups is 1. The van der Waals surface area contributed by atoms with Crippen molar-refractivity contribution in [2.75, 3.05) is 25.7 Å². The van der Waals surface area contributed by atoms with Crippen LogP contribution in [0.1, 0.15) is 25.0 Å². The Balaban J connectivity index is 2.09. The van der Waals surface area contributed by atoms with Gasteiger partial charge in [-0.05, 0) is 55.0 Å². The van der Waals surface area contributed by atoms with Gasteiger partial charge in [0.15, 0.2) is 6.04 Å². The van der Waals surface area contributed by atoms with Gasteiger partial charge in [0.2, 0.25) is 5.91 Å². The van der Waals surface area contributed by atoms with Crippen LogP contribution in [0.5, 0.6) is 5.75 Å². The van der Waals surface area contributed by atoms with Gasteiger partial charge in [-0.2, -0.15) is 0 Å². The zero-order valence-electron chi connectivity index (χ0n) is 19.5. The summed E-state index contributed by atoms with van der Waals surface area (Å²) in [4.78, 5) is 58.3. The zero-order valence-corrected chi connectivity index (χ0v) is 19.5. The van der Waals surface area contributed by atoms with E-state index in [1.54, 1.807) is 31.2 Å². The molecule has 0 aliphatic carbocycles. The predicted molar refractivity (Wildman–Crippen MR) is 122 cm³/mol. The molecule has 0 saturated carbocycles. The lowest BCUT2D eigenvalue weighted by Crippen LogP contribution is -2.55. The minimum Gasteiger partial charge on any atom is -0.497 e. The van der Waals surface area contributed by atoms with E-state index in [9.17, 15) is 23.6 Å². The van der Waals surface area contributed by atoms with Crippen LogP contribution >= 0.6 is 0 Å². The summed E-state index contributed by atoms with van der Waals surface area (Å²) >= 11 is 0. The van der Waals surface area contributed by atoms with E-state index in [0.717, 1.165) is 24.1 Å². The Morgan fingerprint density at radius 2 is 1.77 bits per heavy atom. The number of hydrogen-bond donors (Lipinski definition) is 0. The van der Waals surface area contributed by atoms with Crippen LogP contribution in [0.15, 0.2) is 47.5 Å². The molecule has 182 valence electrons. The monoisotopic (exact) mass is 482 g/mol. The van der Waals surface area contributed by atoms with Gasteiger partial charge in [0, 0.05) is 12.5 Å². The van der Waals surface area contributed by atoms with Crippen molar-refractivity contribution < 1.29 is 37.8 Å². The SMILES string of the molecule is CCOC(=O)[C@H]1[C@H](C(=O)OC)N=C(c2ccc(OC)cc2)[C@]12C(=O)N(C(C)=O)c1ccc(F)cc12. The topological polar surface area (TPSA) is 112 Å². The zero-order chi connectivity index (χ0) is 25.5. The smallest absolute Gasteiger partial charge is 0.331 e. The number of carbonyl (C=O) groups excluding carboxylic acids is 4. The molecule has 10 heteroatoms. The van der Waals surface area contributed by atoms with Crippen molar-refractivity contribution in [1.29, 1.82) is 0 Å². The van der Waals surface area contributed by atoms with E-state index >= 15 is 0 Å². The lowest BCUT2D eigenvalue weighted by atomic mass is 9.66. The lowest BCUT2D eigenvalue weighted by Gasteiger charge is -2.32. The Hall–Kier alpha value is -4.08. The first-order valence-electron chi connectivity index (χ1n) is 10.8. The number of carbonyl (C=O) groups is 4. The first-order valence-corrected chi connectivity index (χ1v) is 10.8. The van der Waals surface area contributed by atoms with Crippen molar-refractivity contribution in [2.45, 2.75) is 25.3 Å². The van der Waals surface area contributed by atoms with Crippen LogP contribution in [-0.2, 0) is 34.1 Å². The van der Waals surface area contributed by atoms with E-state index in [1.807, 2.05) is 0 Å². The van der Waals surface area contributed by atoms with E-state index in [4.69, 9.17) is 14.2 Å². The molecular formula is C25H23FN2O7. The third-order valence-electron chi connectivity index (χ3n) is 6.25. The van der Waals surface area contributed by atoms with Crippen molar-refractivity contribution in [3.63, 3.8) is 0 Å². The van der Waals surface area contributed by atoms with Gasteiger partial charge in [-0.15, -0.1) is 0 Å². The molecule has 1 spiro atoms. The van der Waals surface area contributed by atoms with E-state index in [2.05, 4.69) is 4.99 Å². The van der Waals surface area contributed by atoms with E-state index in [-0.39, 0.29) is 23.6 Å². The maximum atomic E-state index is 14.6. The largest absolute Gasteiger partial charge is 0.497 e. The number of fused-ring (bicyclic) bond motifs is 2. The minimum atomic E-state index is -2.01. The van der Waals surface area contributed by atoms with Crippen LogP contribution in [0, 0.1) is 11.7 Å². The van der Waals surface area contributed by atoms with Crippen molar-refractivity contribution in [1.82, 2.24) is 0 Å². The number of methoxy groups -OCH3 is 2. The fourth-order valence-electron chi connectivity index (χ4n) is 4.86. The van der Waals surface area contributed by atoms with E-state index in [0.29, 0.717) is 11.3 Å². The molecule has 0 fully saturated rings. The highest BCUT2D eigenvalue weighted by atomic mass is 19.1. The molecule has 2 heterocycles. The van der Waals surface area contributed by atoms with Gasteiger partial charge in [0.1, 0.15) is 22.9 Å². The summed E-state index contributed by atoms with van der Waals surface area (Å²) in [7, 11) is 2.61. The number of anilines is 1. The highest BCUT2D eigenvalue weighted by molar-refractivity contribution is 6.36. The average Bonchev–Trinajstić information content (AvgIpc) is 3.33. The van der Waals surface area contributed by atoms with Crippen molar-refractivity contribution in [3.8, 4) is 5.75 Å². The Morgan fingerprint density at radius 1 is 1.09 bits per heavy atom. The van der Waals surface area contributed by atoms with Crippen LogP contribution in [0.25, 0.3) is 0 Å². The summed E-state index contributed by atoms with van der Waals surface area (Å²) in [6, 6.07) is 8.45. The standard InChI is InChI=1S/C25H23FN2O7/c1-5-35-22(30)19-20(23(31)34-4)27-21(14-6-9-16(33-3)10-7-14)25(19)17-12-15(26)8-11-18(17)28(13(2)29)24(25)32/h6-12,19-20H,5H2,1-4H3/t19-,20-,25-/m1/s1. The normalized spacial score (nSPS) is 22.6. The van der Waals surface area contributed by atoms with Crippen molar-refractivity contribution in [2.24, 2.45) is 10.9 Å². The molecule has 4 rings (SSSR count). The van der Waals surface area contributed by atoms with Gasteiger partial charge in [-0.1, -0.05) is 0 Å². The number of rotatable bonds is 5. The number of aliphatic imine (C=N–C) groups is 1. The highest BCUT2D eigenvalue weighted by Gasteiger charge is 2.69. The van der Waals surface area contributed by atoms with Gasteiger partial charge >= 0.3 is 11.9 Å². The third kappa shape index (κ3) is 3.48. The van der Waals surface area contributed by atoms with Gasteiger partial charge in [0.05, 0.1) is 32.2 Å². The second-order valence-electron chi connectivity index (χ2n) is 8.03. The quantitative estimate of drug-likeness (QED) is 0.601. The fourth-order valence-corrected chi connectivity index (χ4v) is 4.86. The molecule has 0 unspecified atom stereocenters. The molecule has 0 saturated heterocycles. The van der Waals surface area contributed by atoms with Crippen molar-refractivity contribution in [3.05, 3.63) is 59.4 Å². The molecule has 35 heavy (non-hydrogen) atoms. The van der Waals surface area contributed by atoms with Crippen molar-refractivity contribution >= 4 is 35.2 Å². The third-order valence-corrected chi connectivity index (χ3v) is 6.25. The maximum absolute atomic E-state index is 14.6. The minimum absolute atomic E-state index is 0.0224. The number of amides is 2. The molecule has 0 N–H and O–H groups in total. The Bertz CT molecular complexity index is 1260. The number of nitrogens with zero attached hydrogens (tertiary/aromatic N) is 2. The Morgan fingerprint density at radius 3 is 2.34 bits per heavy atom. The molecule has 2 aromatic rings. The summed E-state index contributed by atoms with van der Waals surface area (Å²) in [6.45, 7) is 2.71.